The van der Waals surface area contributed by atoms with E-state index in [2.05, 4.69) is 10.6 Å². The fourth-order valence-corrected chi connectivity index (χ4v) is 2.37. The van der Waals surface area contributed by atoms with E-state index >= 15 is 0 Å². The minimum absolute atomic E-state index is 0.0973. The van der Waals surface area contributed by atoms with Crippen LogP contribution in [0, 0.1) is 0 Å². The van der Waals surface area contributed by atoms with Gasteiger partial charge in [0.05, 0.1) is 6.42 Å². The van der Waals surface area contributed by atoms with Crippen LogP contribution in [-0.4, -0.2) is 23.1 Å². The van der Waals surface area contributed by atoms with Crippen LogP contribution in [0.1, 0.15) is 31.2 Å². The lowest BCUT2D eigenvalue weighted by molar-refractivity contribution is -0.136. The molecule has 1 aliphatic rings. The summed E-state index contributed by atoms with van der Waals surface area (Å²) in [6.45, 7) is 0. The summed E-state index contributed by atoms with van der Waals surface area (Å²) in [6.07, 6.45) is 4.25. The number of rotatable bonds is 4. The first-order valence-electron chi connectivity index (χ1n) is 6.52. The van der Waals surface area contributed by atoms with E-state index in [-0.39, 0.29) is 18.5 Å². The number of hydrogen-bond acceptors (Lipinski definition) is 2. The van der Waals surface area contributed by atoms with Gasteiger partial charge in [-0.15, -0.1) is 0 Å². The molecule has 0 atom stereocenters. The molecule has 2 rings (SSSR count). The molecule has 2 amide bonds. The van der Waals surface area contributed by atoms with E-state index in [0.717, 1.165) is 25.7 Å². The van der Waals surface area contributed by atoms with E-state index in [1.165, 1.54) is 0 Å². The number of hydrogen-bond donors (Lipinski definition) is 3. The minimum atomic E-state index is -0.912. The summed E-state index contributed by atoms with van der Waals surface area (Å²) in [5.41, 5.74) is 1.16. The van der Waals surface area contributed by atoms with Crippen LogP contribution in [0.3, 0.4) is 0 Å². The molecule has 1 aromatic carbocycles. The third-order valence-electron chi connectivity index (χ3n) is 3.30. The van der Waals surface area contributed by atoms with Gasteiger partial charge in [0, 0.05) is 11.7 Å². The lowest BCUT2D eigenvalue weighted by atomic mass is 10.1. The van der Waals surface area contributed by atoms with E-state index in [1.54, 1.807) is 24.3 Å². The van der Waals surface area contributed by atoms with Gasteiger partial charge in [-0.3, -0.25) is 4.79 Å². The predicted molar refractivity (Wildman–Crippen MR) is 72.2 cm³/mol. The highest BCUT2D eigenvalue weighted by Crippen LogP contribution is 2.19. The Kier molecular flexibility index (Phi) is 4.39. The quantitative estimate of drug-likeness (QED) is 0.779. The van der Waals surface area contributed by atoms with E-state index in [9.17, 15) is 9.59 Å². The zero-order valence-electron chi connectivity index (χ0n) is 10.7. The van der Waals surface area contributed by atoms with Gasteiger partial charge in [0.25, 0.3) is 0 Å². The monoisotopic (exact) mass is 262 g/mol. The van der Waals surface area contributed by atoms with Crippen LogP contribution in [0.25, 0.3) is 0 Å². The van der Waals surface area contributed by atoms with Crippen molar-refractivity contribution in [3.63, 3.8) is 0 Å². The van der Waals surface area contributed by atoms with E-state index in [0.29, 0.717) is 11.3 Å². The number of amides is 2. The second-order valence-corrected chi connectivity index (χ2v) is 4.81. The second kappa shape index (κ2) is 6.22. The molecule has 0 radical (unpaired) electrons. The first kappa shape index (κ1) is 13.4. The third-order valence-corrected chi connectivity index (χ3v) is 3.30. The van der Waals surface area contributed by atoms with E-state index in [4.69, 9.17) is 5.11 Å². The van der Waals surface area contributed by atoms with Crippen molar-refractivity contribution in [1.29, 1.82) is 0 Å². The normalized spacial score (nSPS) is 15.2. The van der Waals surface area contributed by atoms with Crippen LogP contribution < -0.4 is 10.6 Å². The summed E-state index contributed by atoms with van der Waals surface area (Å²) in [4.78, 5) is 22.6. The molecule has 1 saturated carbocycles. The molecule has 0 heterocycles. The number of nitrogens with one attached hydrogen (secondary N) is 2. The molecule has 3 N–H and O–H groups in total. The number of carbonyl (C=O) groups excluding carboxylic acids is 1. The van der Waals surface area contributed by atoms with Crippen molar-refractivity contribution < 1.29 is 14.7 Å². The van der Waals surface area contributed by atoms with Crippen molar-refractivity contribution >= 4 is 17.7 Å². The molecule has 1 aliphatic carbocycles. The van der Waals surface area contributed by atoms with Crippen LogP contribution >= 0.6 is 0 Å². The Balaban J connectivity index is 1.97. The van der Waals surface area contributed by atoms with Gasteiger partial charge >= 0.3 is 12.0 Å². The molecule has 1 aromatic rings. The summed E-state index contributed by atoms with van der Waals surface area (Å²) in [5.74, 6) is -0.912. The first-order valence-corrected chi connectivity index (χ1v) is 6.52. The van der Waals surface area contributed by atoms with E-state index < -0.39 is 5.97 Å². The summed E-state index contributed by atoms with van der Waals surface area (Å²) >= 11 is 0. The number of urea groups is 1. The molecule has 0 aliphatic heterocycles. The molecule has 0 saturated heterocycles. The van der Waals surface area contributed by atoms with Crippen LogP contribution in [0.4, 0.5) is 10.5 Å². The molecule has 5 nitrogen and oxygen atoms in total. The highest BCUT2D eigenvalue weighted by Gasteiger charge is 2.17. The van der Waals surface area contributed by atoms with Gasteiger partial charge in [-0.1, -0.05) is 31.0 Å². The number of carboxylic acid groups (broad SMARTS) is 1. The van der Waals surface area contributed by atoms with Crippen molar-refractivity contribution in [2.75, 3.05) is 5.32 Å². The minimum Gasteiger partial charge on any atom is -0.481 e. The largest absolute Gasteiger partial charge is 0.481 e. The lowest BCUT2D eigenvalue weighted by Crippen LogP contribution is -2.36. The van der Waals surface area contributed by atoms with Crippen LogP contribution in [-0.2, 0) is 11.2 Å². The average Bonchev–Trinajstić information content (AvgIpc) is 2.83. The molecule has 0 aromatic heterocycles. The number of para-hydroxylation sites is 1. The highest BCUT2D eigenvalue weighted by molar-refractivity contribution is 5.91. The van der Waals surface area contributed by atoms with E-state index in [1.807, 2.05) is 0 Å². The maximum absolute atomic E-state index is 11.8. The third kappa shape index (κ3) is 3.98. The van der Waals surface area contributed by atoms with Crippen molar-refractivity contribution in [2.24, 2.45) is 0 Å². The summed E-state index contributed by atoms with van der Waals surface area (Å²) in [5, 5.41) is 14.5. The Labute approximate surface area is 112 Å². The maximum Gasteiger partial charge on any atom is 0.319 e. The van der Waals surface area contributed by atoms with Gasteiger partial charge in [0.1, 0.15) is 0 Å². The zero-order chi connectivity index (χ0) is 13.7. The molecule has 1 fully saturated rings. The highest BCUT2D eigenvalue weighted by atomic mass is 16.4. The van der Waals surface area contributed by atoms with Crippen molar-refractivity contribution in [1.82, 2.24) is 5.32 Å². The zero-order valence-corrected chi connectivity index (χ0v) is 10.7. The molecule has 0 bridgehead atoms. The smallest absolute Gasteiger partial charge is 0.319 e. The summed E-state index contributed by atoms with van der Waals surface area (Å²) in [7, 11) is 0. The average molecular weight is 262 g/mol. The van der Waals surface area contributed by atoms with Crippen LogP contribution in [0.5, 0.6) is 0 Å². The molecular weight excluding hydrogens is 244 g/mol. The Morgan fingerprint density at radius 3 is 2.58 bits per heavy atom. The van der Waals surface area contributed by atoms with Crippen molar-refractivity contribution in [3.05, 3.63) is 29.8 Å². The van der Waals surface area contributed by atoms with Crippen molar-refractivity contribution in [2.45, 2.75) is 38.1 Å². The van der Waals surface area contributed by atoms with Crippen molar-refractivity contribution in [3.8, 4) is 0 Å². The molecule has 19 heavy (non-hydrogen) atoms. The summed E-state index contributed by atoms with van der Waals surface area (Å²) in [6, 6.07) is 6.94. The molecule has 0 spiro atoms. The standard InChI is InChI=1S/C14H18N2O3/c17-13(18)9-10-5-1-4-8-12(10)16-14(19)15-11-6-2-3-7-11/h1,4-5,8,11H,2-3,6-7,9H2,(H,17,18)(H2,15,16,19). The topological polar surface area (TPSA) is 78.4 Å². The van der Waals surface area contributed by atoms with Gasteiger partial charge in [0.15, 0.2) is 0 Å². The number of anilines is 1. The van der Waals surface area contributed by atoms with Crippen LogP contribution in [0.2, 0.25) is 0 Å². The molecular formula is C14H18N2O3. The maximum atomic E-state index is 11.8. The summed E-state index contributed by atoms with van der Waals surface area (Å²) < 4.78 is 0. The molecule has 5 heteroatoms. The fraction of sp³-hybridized carbons (Fsp3) is 0.429. The Morgan fingerprint density at radius 2 is 1.89 bits per heavy atom. The Bertz CT molecular complexity index is 468. The number of aliphatic carboxylic acids is 1. The first-order chi connectivity index (χ1) is 9.15. The molecule has 0 unspecified atom stereocenters. The number of carboxylic acids is 1. The fourth-order valence-electron chi connectivity index (χ4n) is 2.37. The number of carbonyl (C=O) groups is 2. The predicted octanol–water partition coefficient (Wildman–Crippen LogP) is 2.38. The van der Waals surface area contributed by atoms with Gasteiger partial charge in [0.2, 0.25) is 0 Å². The second-order valence-electron chi connectivity index (χ2n) is 4.81. The lowest BCUT2D eigenvalue weighted by Gasteiger charge is -2.14. The number of benzene rings is 1. The Morgan fingerprint density at radius 1 is 1.21 bits per heavy atom. The molecule has 102 valence electrons. The van der Waals surface area contributed by atoms with Gasteiger partial charge in [-0.2, -0.15) is 0 Å². The van der Waals surface area contributed by atoms with Gasteiger partial charge < -0.3 is 15.7 Å². The van der Waals surface area contributed by atoms with Gasteiger partial charge in [-0.25, -0.2) is 4.79 Å². The van der Waals surface area contributed by atoms with Crippen LogP contribution in [0.15, 0.2) is 24.3 Å². The SMILES string of the molecule is O=C(O)Cc1ccccc1NC(=O)NC1CCCC1. The Hall–Kier alpha value is -2.04. The van der Waals surface area contributed by atoms with Gasteiger partial charge in [-0.05, 0) is 24.5 Å².